The van der Waals surface area contributed by atoms with E-state index >= 15 is 0 Å². The van der Waals surface area contributed by atoms with Crippen LogP contribution in [0.3, 0.4) is 0 Å². The second-order valence-electron chi connectivity index (χ2n) is 6.10. The molecule has 0 spiro atoms. The van der Waals surface area contributed by atoms with E-state index in [0.717, 1.165) is 12.3 Å². The fourth-order valence-corrected chi connectivity index (χ4v) is 3.49. The lowest BCUT2D eigenvalue weighted by molar-refractivity contribution is -0.0490. The van der Waals surface area contributed by atoms with Gasteiger partial charge in [0.05, 0.1) is 0 Å². The predicted octanol–water partition coefficient (Wildman–Crippen LogP) is 4.11. The van der Waals surface area contributed by atoms with E-state index in [4.69, 9.17) is 5.73 Å². The Morgan fingerprint density at radius 2 is 1.59 bits per heavy atom. The van der Waals surface area contributed by atoms with E-state index in [0.29, 0.717) is 18.8 Å². The van der Waals surface area contributed by atoms with Gasteiger partial charge in [0, 0.05) is 18.9 Å². The normalized spacial score (nSPS) is 29.1. The second kappa shape index (κ2) is 5.64. The lowest BCUT2D eigenvalue weighted by atomic mass is 9.77. The molecule has 2 fully saturated rings. The molecule has 3 heteroatoms. The zero-order valence-corrected chi connectivity index (χ0v) is 10.6. The molecule has 0 heterocycles. The summed E-state index contributed by atoms with van der Waals surface area (Å²) in [6.07, 6.45) is 9.05. The molecule has 2 N–H and O–H groups in total. The molecular weight excluding hydrogens is 220 g/mol. The monoisotopic (exact) mass is 245 g/mol. The van der Waals surface area contributed by atoms with Crippen LogP contribution in [0.15, 0.2) is 0 Å². The molecule has 2 rings (SSSR count). The van der Waals surface area contributed by atoms with Gasteiger partial charge in [0.1, 0.15) is 0 Å². The summed E-state index contributed by atoms with van der Waals surface area (Å²) >= 11 is 0. The van der Waals surface area contributed by atoms with Gasteiger partial charge in [-0.15, -0.1) is 0 Å². The molecule has 0 aromatic carbocycles. The summed E-state index contributed by atoms with van der Waals surface area (Å²) < 4.78 is 26.1. The van der Waals surface area contributed by atoms with Crippen molar-refractivity contribution in [3.8, 4) is 0 Å². The van der Waals surface area contributed by atoms with Crippen molar-refractivity contribution in [3.63, 3.8) is 0 Å². The van der Waals surface area contributed by atoms with E-state index in [1.165, 1.54) is 32.1 Å². The van der Waals surface area contributed by atoms with Crippen LogP contribution >= 0.6 is 0 Å². The Kier molecular flexibility index (Phi) is 4.40. The molecule has 0 amide bonds. The summed E-state index contributed by atoms with van der Waals surface area (Å²) in [6.45, 7) is 0. The third kappa shape index (κ3) is 3.90. The van der Waals surface area contributed by atoms with Crippen molar-refractivity contribution in [2.75, 3.05) is 0 Å². The van der Waals surface area contributed by atoms with E-state index in [9.17, 15) is 8.78 Å². The molecule has 100 valence electrons. The van der Waals surface area contributed by atoms with Crippen LogP contribution in [-0.4, -0.2) is 12.0 Å². The van der Waals surface area contributed by atoms with E-state index in [1.807, 2.05) is 0 Å². The molecule has 2 saturated carbocycles. The molecule has 17 heavy (non-hydrogen) atoms. The minimum Gasteiger partial charge on any atom is -0.327 e. The molecule has 0 aromatic rings. The minimum absolute atomic E-state index is 0.0516. The van der Waals surface area contributed by atoms with Gasteiger partial charge in [-0.1, -0.05) is 32.1 Å². The summed E-state index contributed by atoms with van der Waals surface area (Å²) in [7, 11) is 0. The van der Waals surface area contributed by atoms with Crippen LogP contribution in [0.25, 0.3) is 0 Å². The Balaban J connectivity index is 1.74. The summed E-state index contributed by atoms with van der Waals surface area (Å²) in [5.41, 5.74) is 6.22. The molecule has 2 aliphatic carbocycles. The Morgan fingerprint density at radius 1 is 1.00 bits per heavy atom. The van der Waals surface area contributed by atoms with Gasteiger partial charge in [0.15, 0.2) is 0 Å². The van der Waals surface area contributed by atoms with Crippen molar-refractivity contribution in [3.05, 3.63) is 0 Å². The maximum absolute atomic E-state index is 13.1. The first-order chi connectivity index (χ1) is 8.07. The van der Waals surface area contributed by atoms with Crippen LogP contribution in [0.2, 0.25) is 0 Å². The molecule has 0 aromatic heterocycles. The fourth-order valence-electron chi connectivity index (χ4n) is 3.49. The molecule has 0 saturated heterocycles. The number of hydrogen-bond acceptors (Lipinski definition) is 1. The van der Waals surface area contributed by atoms with Crippen molar-refractivity contribution >= 4 is 0 Å². The smallest absolute Gasteiger partial charge is 0.248 e. The highest BCUT2D eigenvalue weighted by Crippen LogP contribution is 2.39. The molecule has 0 bridgehead atoms. The zero-order valence-electron chi connectivity index (χ0n) is 10.6. The van der Waals surface area contributed by atoms with Crippen molar-refractivity contribution in [1.29, 1.82) is 0 Å². The Bertz CT molecular complexity index is 226. The molecule has 1 unspecified atom stereocenters. The number of rotatable bonds is 3. The van der Waals surface area contributed by atoms with E-state index in [1.54, 1.807) is 0 Å². The average Bonchev–Trinajstić information content (AvgIpc) is 2.30. The van der Waals surface area contributed by atoms with Crippen LogP contribution in [-0.2, 0) is 0 Å². The summed E-state index contributed by atoms with van der Waals surface area (Å²) in [5, 5.41) is 0. The Labute approximate surface area is 103 Å². The third-order valence-electron chi connectivity index (χ3n) is 4.70. The van der Waals surface area contributed by atoms with Gasteiger partial charge in [-0.2, -0.15) is 0 Å². The highest BCUT2D eigenvalue weighted by atomic mass is 19.3. The lowest BCUT2D eigenvalue weighted by Crippen LogP contribution is -2.37. The average molecular weight is 245 g/mol. The van der Waals surface area contributed by atoms with E-state index in [2.05, 4.69) is 0 Å². The van der Waals surface area contributed by atoms with E-state index < -0.39 is 5.92 Å². The standard InChI is InChI=1S/C14H25F2N/c15-14(16)8-6-12(7-9-14)13(17)10-11-4-2-1-3-5-11/h11-13H,1-10,17H2. The van der Waals surface area contributed by atoms with Gasteiger partial charge in [0.25, 0.3) is 0 Å². The molecular formula is C14H25F2N. The Hall–Kier alpha value is -0.180. The second-order valence-corrected chi connectivity index (χ2v) is 6.10. The minimum atomic E-state index is -2.42. The largest absolute Gasteiger partial charge is 0.327 e. The molecule has 2 aliphatic rings. The molecule has 0 radical (unpaired) electrons. The van der Waals surface area contributed by atoms with Crippen LogP contribution in [0.5, 0.6) is 0 Å². The molecule has 1 nitrogen and oxygen atoms in total. The number of nitrogens with two attached hydrogens (primary N) is 1. The molecule has 0 aliphatic heterocycles. The van der Waals surface area contributed by atoms with Gasteiger partial charge in [0.2, 0.25) is 5.92 Å². The van der Waals surface area contributed by atoms with Gasteiger partial charge in [-0.25, -0.2) is 8.78 Å². The summed E-state index contributed by atoms with van der Waals surface area (Å²) in [5.74, 6) is -1.31. The number of alkyl halides is 2. The van der Waals surface area contributed by atoms with Crippen molar-refractivity contribution in [1.82, 2.24) is 0 Å². The third-order valence-corrected chi connectivity index (χ3v) is 4.70. The predicted molar refractivity (Wildman–Crippen MR) is 66.1 cm³/mol. The van der Waals surface area contributed by atoms with Crippen LogP contribution in [0.4, 0.5) is 8.78 Å². The highest BCUT2D eigenvalue weighted by Gasteiger charge is 2.37. The van der Waals surface area contributed by atoms with E-state index in [-0.39, 0.29) is 18.9 Å². The van der Waals surface area contributed by atoms with Crippen LogP contribution in [0, 0.1) is 11.8 Å². The Morgan fingerprint density at radius 3 is 2.18 bits per heavy atom. The summed E-state index contributed by atoms with van der Waals surface area (Å²) in [6, 6.07) is 0.161. The van der Waals surface area contributed by atoms with Gasteiger partial charge in [-0.3, -0.25) is 0 Å². The first-order valence-corrected chi connectivity index (χ1v) is 7.20. The molecule has 1 atom stereocenters. The SMILES string of the molecule is NC(CC1CCCCC1)C1CCC(F)(F)CC1. The van der Waals surface area contributed by atoms with Crippen molar-refractivity contribution < 1.29 is 8.78 Å². The maximum Gasteiger partial charge on any atom is 0.248 e. The lowest BCUT2D eigenvalue weighted by Gasteiger charge is -2.34. The summed E-state index contributed by atoms with van der Waals surface area (Å²) in [4.78, 5) is 0. The highest BCUT2D eigenvalue weighted by molar-refractivity contribution is 4.84. The first kappa shape index (κ1) is 13.3. The van der Waals surface area contributed by atoms with Crippen molar-refractivity contribution in [2.24, 2.45) is 17.6 Å². The van der Waals surface area contributed by atoms with Crippen molar-refractivity contribution in [2.45, 2.75) is 76.2 Å². The van der Waals surface area contributed by atoms with Gasteiger partial charge < -0.3 is 5.73 Å². The van der Waals surface area contributed by atoms with Crippen LogP contribution in [0.1, 0.15) is 64.2 Å². The maximum atomic E-state index is 13.1. The fraction of sp³-hybridized carbons (Fsp3) is 1.00. The first-order valence-electron chi connectivity index (χ1n) is 7.20. The quantitative estimate of drug-likeness (QED) is 0.795. The topological polar surface area (TPSA) is 26.0 Å². The van der Waals surface area contributed by atoms with Crippen LogP contribution < -0.4 is 5.73 Å². The zero-order chi connectivity index (χ0) is 12.3. The number of hydrogen-bond donors (Lipinski definition) is 1. The van der Waals surface area contributed by atoms with Gasteiger partial charge >= 0.3 is 0 Å². The number of halogens is 2. The van der Waals surface area contributed by atoms with Gasteiger partial charge in [-0.05, 0) is 31.1 Å².